The molecule has 0 atom stereocenters. The van der Waals surface area contributed by atoms with Crippen LogP contribution in [-0.2, 0) is 10.0 Å². The fourth-order valence-corrected chi connectivity index (χ4v) is 6.38. The van der Waals surface area contributed by atoms with E-state index in [0.29, 0.717) is 5.69 Å². The standard InChI is InChI=1S/C11H6BrCl2N3O2S2/c12-8-9(11(14)20-10(8)13)21(18,19)17-6-2-1-5-4-15-16-7(5)3-6/h1-4,17H,(H,15,16). The molecule has 5 nitrogen and oxygen atoms in total. The van der Waals surface area contributed by atoms with Gasteiger partial charge in [0.15, 0.2) is 0 Å². The molecule has 1 aromatic carbocycles. The lowest BCUT2D eigenvalue weighted by molar-refractivity contribution is 0.601. The van der Waals surface area contributed by atoms with Crippen molar-refractivity contribution < 1.29 is 8.42 Å². The molecule has 0 saturated heterocycles. The first-order chi connectivity index (χ1) is 9.88. The van der Waals surface area contributed by atoms with E-state index in [-0.39, 0.29) is 18.0 Å². The van der Waals surface area contributed by atoms with E-state index in [9.17, 15) is 8.42 Å². The summed E-state index contributed by atoms with van der Waals surface area (Å²) in [5.41, 5.74) is 1.13. The Morgan fingerprint density at radius 2 is 2.05 bits per heavy atom. The second-order valence-electron chi connectivity index (χ2n) is 4.07. The first kappa shape index (κ1) is 15.1. The molecule has 0 unspecified atom stereocenters. The predicted molar refractivity (Wildman–Crippen MR) is 88.9 cm³/mol. The lowest BCUT2D eigenvalue weighted by Crippen LogP contribution is -2.13. The topological polar surface area (TPSA) is 74.8 Å². The highest BCUT2D eigenvalue weighted by molar-refractivity contribution is 9.10. The number of nitrogens with one attached hydrogen (secondary N) is 2. The van der Waals surface area contributed by atoms with Crippen molar-refractivity contribution >= 4 is 77.1 Å². The summed E-state index contributed by atoms with van der Waals surface area (Å²) in [6.07, 6.45) is 1.65. The Kier molecular flexibility index (Phi) is 3.91. The van der Waals surface area contributed by atoms with E-state index in [1.54, 1.807) is 24.4 Å². The van der Waals surface area contributed by atoms with Gasteiger partial charge in [-0.3, -0.25) is 9.82 Å². The van der Waals surface area contributed by atoms with Gasteiger partial charge in [0.05, 0.1) is 21.9 Å². The van der Waals surface area contributed by atoms with Crippen molar-refractivity contribution in [1.82, 2.24) is 10.2 Å². The average molecular weight is 427 g/mol. The maximum absolute atomic E-state index is 12.4. The Balaban J connectivity index is 2.02. The van der Waals surface area contributed by atoms with Gasteiger partial charge in [0, 0.05) is 5.39 Å². The molecule has 3 aromatic rings. The first-order valence-electron chi connectivity index (χ1n) is 5.48. The van der Waals surface area contributed by atoms with Crippen LogP contribution in [0.4, 0.5) is 5.69 Å². The summed E-state index contributed by atoms with van der Waals surface area (Å²) in [5.74, 6) is 0. The second kappa shape index (κ2) is 5.44. The monoisotopic (exact) mass is 425 g/mol. The first-order valence-corrected chi connectivity index (χ1v) is 9.32. The normalized spacial score (nSPS) is 12.0. The van der Waals surface area contributed by atoms with Gasteiger partial charge < -0.3 is 0 Å². The molecule has 2 N–H and O–H groups in total. The molecular formula is C11H6BrCl2N3O2S2. The van der Waals surface area contributed by atoms with Crippen molar-refractivity contribution in [3.05, 3.63) is 37.5 Å². The number of aromatic nitrogens is 2. The molecule has 2 heterocycles. The van der Waals surface area contributed by atoms with Crippen molar-refractivity contribution in [2.24, 2.45) is 0 Å². The maximum atomic E-state index is 12.4. The van der Waals surface area contributed by atoms with Crippen molar-refractivity contribution in [2.45, 2.75) is 4.90 Å². The van der Waals surface area contributed by atoms with E-state index in [2.05, 4.69) is 30.8 Å². The van der Waals surface area contributed by atoms with E-state index >= 15 is 0 Å². The van der Waals surface area contributed by atoms with E-state index in [1.165, 1.54) is 0 Å². The molecule has 3 rings (SSSR count). The minimum atomic E-state index is -3.84. The highest BCUT2D eigenvalue weighted by Crippen LogP contribution is 2.43. The van der Waals surface area contributed by atoms with Crippen LogP contribution in [0.25, 0.3) is 10.9 Å². The molecular weight excluding hydrogens is 421 g/mol. The van der Waals surface area contributed by atoms with Gasteiger partial charge in [0.1, 0.15) is 13.6 Å². The number of rotatable bonds is 3. The summed E-state index contributed by atoms with van der Waals surface area (Å²) in [7, 11) is -3.84. The van der Waals surface area contributed by atoms with Crippen molar-refractivity contribution in [1.29, 1.82) is 0 Å². The van der Waals surface area contributed by atoms with Crippen LogP contribution in [0.5, 0.6) is 0 Å². The van der Waals surface area contributed by atoms with Crippen LogP contribution in [0.1, 0.15) is 0 Å². The average Bonchev–Trinajstić information content (AvgIpc) is 2.94. The number of nitrogens with zero attached hydrogens (tertiary/aromatic N) is 1. The molecule has 0 spiro atoms. The summed E-state index contributed by atoms with van der Waals surface area (Å²) in [6.45, 7) is 0. The molecule has 0 amide bonds. The van der Waals surface area contributed by atoms with E-state index in [0.717, 1.165) is 22.2 Å². The Morgan fingerprint density at radius 3 is 2.71 bits per heavy atom. The van der Waals surface area contributed by atoms with Gasteiger partial charge in [-0.1, -0.05) is 23.2 Å². The largest absolute Gasteiger partial charge is 0.279 e. The highest BCUT2D eigenvalue weighted by Gasteiger charge is 2.26. The Bertz CT molecular complexity index is 936. The Hall–Kier alpha value is -0.800. The molecule has 0 aliphatic rings. The van der Waals surface area contributed by atoms with Gasteiger partial charge in [0.2, 0.25) is 0 Å². The van der Waals surface area contributed by atoms with Crippen LogP contribution in [-0.4, -0.2) is 18.6 Å². The minimum Gasteiger partial charge on any atom is -0.279 e. The molecule has 110 valence electrons. The summed E-state index contributed by atoms with van der Waals surface area (Å²) in [5, 5.41) is 7.54. The zero-order valence-electron chi connectivity index (χ0n) is 10.0. The van der Waals surface area contributed by atoms with Crippen molar-refractivity contribution in [3.63, 3.8) is 0 Å². The zero-order chi connectivity index (χ0) is 15.2. The maximum Gasteiger partial charge on any atom is 0.265 e. The summed E-state index contributed by atoms with van der Waals surface area (Å²) in [4.78, 5) is -0.0659. The van der Waals surface area contributed by atoms with Crippen LogP contribution < -0.4 is 4.72 Å². The quantitative estimate of drug-likeness (QED) is 0.647. The van der Waals surface area contributed by atoms with Crippen LogP contribution in [0, 0.1) is 0 Å². The van der Waals surface area contributed by atoms with Crippen LogP contribution >= 0.6 is 50.5 Å². The molecule has 0 aliphatic carbocycles. The predicted octanol–water partition coefficient (Wildman–Crippen LogP) is 4.49. The van der Waals surface area contributed by atoms with Gasteiger partial charge in [-0.25, -0.2) is 8.42 Å². The summed E-state index contributed by atoms with van der Waals surface area (Å²) >= 11 is 16.0. The fourth-order valence-electron chi connectivity index (χ4n) is 1.78. The van der Waals surface area contributed by atoms with Gasteiger partial charge >= 0.3 is 0 Å². The van der Waals surface area contributed by atoms with E-state index < -0.39 is 10.0 Å². The van der Waals surface area contributed by atoms with Gasteiger partial charge in [-0.2, -0.15) is 5.10 Å². The molecule has 0 radical (unpaired) electrons. The number of benzene rings is 1. The number of anilines is 1. The van der Waals surface area contributed by atoms with Crippen LogP contribution in [0.3, 0.4) is 0 Å². The molecule has 0 bridgehead atoms. The SMILES string of the molecule is O=S(=O)(Nc1ccc2cn[nH]c2c1)c1c(Cl)sc(Cl)c1Br. The number of aromatic amines is 1. The third kappa shape index (κ3) is 2.78. The third-order valence-electron chi connectivity index (χ3n) is 2.69. The third-order valence-corrected chi connectivity index (χ3v) is 7.54. The molecule has 21 heavy (non-hydrogen) atoms. The highest BCUT2D eigenvalue weighted by atomic mass is 79.9. The summed E-state index contributed by atoms with van der Waals surface area (Å²) < 4.78 is 28.0. The number of fused-ring (bicyclic) bond motifs is 1. The number of hydrogen-bond donors (Lipinski definition) is 2. The number of thiophene rings is 1. The zero-order valence-corrected chi connectivity index (χ0v) is 14.8. The minimum absolute atomic E-state index is 0.0659. The smallest absolute Gasteiger partial charge is 0.265 e. The lowest BCUT2D eigenvalue weighted by Gasteiger charge is -2.08. The number of sulfonamides is 1. The summed E-state index contributed by atoms with van der Waals surface area (Å²) in [6, 6.07) is 5.05. The van der Waals surface area contributed by atoms with E-state index in [4.69, 9.17) is 23.2 Å². The van der Waals surface area contributed by atoms with Gasteiger partial charge in [-0.05, 0) is 34.1 Å². The number of H-pyrrole nitrogens is 1. The molecule has 10 heteroatoms. The second-order valence-corrected chi connectivity index (χ2v) is 8.71. The Morgan fingerprint density at radius 1 is 1.29 bits per heavy atom. The van der Waals surface area contributed by atoms with Crippen molar-refractivity contribution in [2.75, 3.05) is 4.72 Å². The molecule has 0 fully saturated rings. The van der Waals surface area contributed by atoms with Gasteiger partial charge in [-0.15, -0.1) is 11.3 Å². The lowest BCUT2D eigenvalue weighted by atomic mass is 10.2. The number of halogens is 3. The molecule has 0 aliphatic heterocycles. The molecule has 2 aromatic heterocycles. The molecule has 0 saturated carbocycles. The van der Waals surface area contributed by atoms with Crippen LogP contribution in [0.2, 0.25) is 8.67 Å². The fraction of sp³-hybridized carbons (Fsp3) is 0. The van der Waals surface area contributed by atoms with E-state index in [1.807, 2.05) is 0 Å². The van der Waals surface area contributed by atoms with Crippen LogP contribution in [0.15, 0.2) is 33.8 Å². The van der Waals surface area contributed by atoms with Crippen molar-refractivity contribution in [3.8, 4) is 0 Å². The Labute approximate surface area is 142 Å². The van der Waals surface area contributed by atoms with Gasteiger partial charge in [0.25, 0.3) is 10.0 Å². The number of hydrogen-bond acceptors (Lipinski definition) is 4.